The number of rotatable bonds is 6. The van der Waals surface area contributed by atoms with Gasteiger partial charge in [0.1, 0.15) is 10.8 Å². The van der Waals surface area contributed by atoms with Gasteiger partial charge in [-0.1, -0.05) is 26.0 Å². The van der Waals surface area contributed by atoms with Crippen molar-refractivity contribution in [3.63, 3.8) is 0 Å². The number of aromatic nitrogens is 1. The second kappa shape index (κ2) is 10.5. The van der Waals surface area contributed by atoms with Crippen molar-refractivity contribution in [2.24, 2.45) is 4.99 Å². The van der Waals surface area contributed by atoms with Crippen LogP contribution in [0.1, 0.15) is 43.0 Å². The highest BCUT2D eigenvalue weighted by Crippen LogP contribution is 2.17. The number of phenols is 1. The lowest BCUT2D eigenvalue weighted by atomic mass is 10.2. The number of hydrogen-bond acceptors (Lipinski definition) is 4. The van der Waals surface area contributed by atoms with Crippen LogP contribution in [0.4, 0.5) is 0 Å². The normalized spacial score (nSPS) is 11.2. The Hall–Kier alpha value is -1.35. The fourth-order valence-electron chi connectivity index (χ4n) is 2.00. The molecule has 0 unspecified atom stereocenters. The number of phenolic OH excluding ortho intramolecular Hbond substituents is 1. The Bertz CT molecular complexity index is 658. The van der Waals surface area contributed by atoms with Gasteiger partial charge < -0.3 is 15.7 Å². The fourth-order valence-corrected chi connectivity index (χ4v) is 2.89. The highest BCUT2D eigenvalue weighted by atomic mass is 127. The molecule has 2 rings (SSSR count). The molecule has 0 spiro atoms. The maximum absolute atomic E-state index is 9.49. The van der Waals surface area contributed by atoms with Crippen molar-refractivity contribution in [2.45, 2.75) is 39.8 Å². The van der Waals surface area contributed by atoms with E-state index < -0.39 is 0 Å². The summed E-state index contributed by atoms with van der Waals surface area (Å²) in [6.07, 6.45) is 0. The Labute approximate surface area is 164 Å². The number of hydrogen-bond donors (Lipinski definition) is 3. The molecule has 7 heteroatoms. The number of aromatic hydroxyl groups is 1. The summed E-state index contributed by atoms with van der Waals surface area (Å²) in [7, 11) is 0. The highest BCUT2D eigenvalue weighted by molar-refractivity contribution is 14.0. The van der Waals surface area contributed by atoms with E-state index in [2.05, 4.69) is 39.8 Å². The van der Waals surface area contributed by atoms with Crippen LogP contribution in [0.2, 0.25) is 0 Å². The van der Waals surface area contributed by atoms with E-state index in [1.807, 2.05) is 19.1 Å². The van der Waals surface area contributed by atoms with Crippen molar-refractivity contribution in [2.75, 3.05) is 6.54 Å². The lowest BCUT2D eigenvalue weighted by molar-refractivity contribution is 0.474. The maximum atomic E-state index is 9.49. The van der Waals surface area contributed by atoms with Crippen LogP contribution in [0.15, 0.2) is 34.6 Å². The fraction of sp³-hybridized carbons (Fsp3) is 0.412. The lowest BCUT2D eigenvalue weighted by Crippen LogP contribution is -2.36. The van der Waals surface area contributed by atoms with Crippen LogP contribution in [0.3, 0.4) is 0 Å². The third kappa shape index (κ3) is 6.64. The molecule has 132 valence electrons. The number of benzene rings is 1. The zero-order valence-corrected chi connectivity index (χ0v) is 17.4. The van der Waals surface area contributed by atoms with Gasteiger partial charge in [0.2, 0.25) is 0 Å². The summed E-state index contributed by atoms with van der Waals surface area (Å²) in [6, 6.07) is 7.15. The molecule has 1 aromatic heterocycles. The number of aliphatic imine (C=N–C) groups is 1. The van der Waals surface area contributed by atoms with E-state index in [1.165, 1.54) is 0 Å². The molecule has 0 aliphatic rings. The van der Waals surface area contributed by atoms with Crippen LogP contribution in [0.5, 0.6) is 5.75 Å². The van der Waals surface area contributed by atoms with Gasteiger partial charge in [-0.15, -0.1) is 35.3 Å². The summed E-state index contributed by atoms with van der Waals surface area (Å²) in [4.78, 5) is 9.15. The first-order valence-electron chi connectivity index (χ1n) is 7.83. The van der Waals surface area contributed by atoms with Crippen LogP contribution < -0.4 is 10.6 Å². The summed E-state index contributed by atoms with van der Waals surface area (Å²) < 4.78 is 0. The second-order valence-corrected chi connectivity index (χ2v) is 6.48. The van der Waals surface area contributed by atoms with Gasteiger partial charge in [0.25, 0.3) is 0 Å². The molecule has 0 bridgehead atoms. The van der Waals surface area contributed by atoms with Gasteiger partial charge in [-0.2, -0.15) is 0 Å². The molecular weight excluding hydrogens is 435 g/mol. The zero-order valence-electron chi connectivity index (χ0n) is 14.2. The van der Waals surface area contributed by atoms with Crippen molar-refractivity contribution in [1.29, 1.82) is 0 Å². The molecule has 3 N–H and O–H groups in total. The smallest absolute Gasteiger partial charge is 0.191 e. The van der Waals surface area contributed by atoms with Crippen LogP contribution >= 0.6 is 35.3 Å². The molecule has 0 radical (unpaired) electrons. The number of nitrogens with one attached hydrogen (secondary N) is 2. The van der Waals surface area contributed by atoms with Crippen LogP contribution in [-0.2, 0) is 13.1 Å². The monoisotopic (exact) mass is 460 g/mol. The number of thiazole rings is 1. The average Bonchev–Trinajstić information content (AvgIpc) is 2.99. The minimum Gasteiger partial charge on any atom is -0.508 e. The summed E-state index contributed by atoms with van der Waals surface area (Å²) in [5.41, 5.74) is 2.10. The van der Waals surface area contributed by atoms with Gasteiger partial charge in [0.15, 0.2) is 5.96 Å². The summed E-state index contributed by atoms with van der Waals surface area (Å²) in [5, 5.41) is 19.2. The Kier molecular flexibility index (Phi) is 9.05. The Morgan fingerprint density at radius 3 is 2.75 bits per heavy atom. The van der Waals surface area contributed by atoms with Crippen molar-refractivity contribution in [1.82, 2.24) is 15.6 Å². The Morgan fingerprint density at radius 1 is 1.33 bits per heavy atom. The summed E-state index contributed by atoms with van der Waals surface area (Å²) >= 11 is 1.66. The Morgan fingerprint density at radius 2 is 2.12 bits per heavy atom. The quantitative estimate of drug-likeness (QED) is 0.348. The third-order valence-corrected chi connectivity index (χ3v) is 4.11. The topological polar surface area (TPSA) is 69.5 Å². The minimum absolute atomic E-state index is 0. The Balaban J connectivity index is 0.00000288. The van der Waals surface area contributed by atoms with Gasteiger partial charge in [0.05, 0.1) is 18.8 Å². The molecular formula is C17H25IN4OS. The van der Waals surface area contributed by atoms with E-state index in [4.69, 9.17) is 0 Å². The predicted octanol–water partition coefficient (Wildman–Crippen LogP) is 3.85. The molecule has 0 aliphatic carbocycles. The van der Waals surface area contributed by atoms with Crippen molar-refractivity contribution in [3.8, 4) is 5.75 Å². The van der Waals surface area contributed by atoms with Crippen LogP contribution in [0, 0.1) is 0 Å². The van der Waals surface area contributed by atoms with E-state index in [-0.39, 0.29) is 29.7 Å². The third-order valence-electron chi connectivity index (χ3n) is 3.24. The van der Waals surface area contributed by atoms with Gasteiger partial charge >= 0.3 is 0 Å². The molecule has 1 aromatic carbocycles. The van der Waals surface area contributed by atoms with E-state index >= 15 is 0 Å². The largest absolute Gasteiger partial charge is 0.508 e. The summed E-state index contributed by atoms with van der Waals surface area (Å²) in [5.74, 6) is 1.46. The van der Waals surface area contributed by atoms with Gasteiger partial charge in [0, 0.05) is 11.9 Å². The lowest BCUT2D eigenvalue weighted by Gasteiger charge is -2.10. The van der Waals surface area contributed by atoms with Crippen molar-refractivity contribution in [3.05, 3.63) is 45.9 Å². The van der Waals surface area contributed by atoms with Gasteiger partial charge in [-0.3, -0.25) is 0 Å². The first kappa shape index (κ1) is 20.7. The molecule has 24 heavy (non-hydrogen) atoms. The number of nitrogens with zero attached hydrogens (tertiary/aromatic N) is 2. The first-order valence-corrected chi connectivity index (χ1v) is 8.70. The van der Waals surface area contributed by atoms with E-state index in [1.54, 1.807) is 23.5 Å². The van der Waals surface area contributed by atoms with Crippen LogP contribution in [-0.4, -0.2) is 22.6 Å². The zero-order chi connectivity index (χ0) is 16.7. The van der Waals surface area contributed by atoms with Gasteiger partial charge in [-0.25, -0.2) is 9.98 Å². The number of halogens is 1. The molecule has 2 aromatic rings. The molecule has 0 saturated carbocycles. The van der Waals surface area contributed by atoms with Crippen molar-refractivity contribution < 1.29 is 5.11 Å². The van der Waals surface area contributed by atoms with E-state index in [0.29, 0.717) is 19.0 Å². The highest BCUT2D eigenvalue weighted by Gasteiger charge is 2.06. The van der Waals surface area contributed by atoms with Gasteiger partial charge in [-0.05, 0) is 30.5 Å². The molecule has 1 heterocycles. The first-order chi connectivity index (χ1) is 11.1. The summed E-state index contributed by atoms with van der Waals surface area (Å²) in [6.45, 7) is 8.29. The predicted molar refractivity (Wildman–Crippen MR) is 111 cm³/mol. The maximum Gasteiger partial charge on any atom is 0.191 e. The van der Waals surface area contributed by atoms with E-state index in [0.717, 1.165) is 28.8 Å². The second-order valence-electron chi connectivity index (χ2n) is 5.54. The molecule has 0 fully saturated rings. The molecule has 5 nitrogen and oxygen atoms in total. The SMILES string of the molecule is CCNC(=NCc1cccc(O)c1)NCc1nc(C(C)C)cs1.I. The molecule has 0 aliphatic heterocycles. The van der Waals surface area contributed by atoms with E-state index in [9.17, 15) is 5.11 Å². The molecule has 0 atom stereocenters. The molecule has 0 saturated heterocycles. The van der Waals surface area contributed by atoms with Crippen LogP contribution in [0.25, 0.3) is 0 Å². The standard InChI is InChI=1S/C17H24N4OS.HI/c1-4-18-17(19-9-13-6-5-7-14(22)8-13)20-10-16-21-15(11-23-16)12(2)3;/h5-8,11-12,22H,4,9-10H2,1-3H3,(H2,18,19,20);1H. The number of guanidine groups is 1. The van der Waals surface area contributed by atoms with Crippen molar-refractivity contribution >= 4 is 41.3 Å². The molecule has 0 amide bonds. The minimum atomic E-state index is 0. The average molecular weight is 460 g/mol.